The van der Waals surface area contributed by atoms with E-state index in [0.29, 0.717) is 10.3 Å². The van der Waals surface area contributed by atoms with Gasteiger partial charge in [0.05, 0.1) is 0 Å². The Kier molecular flexibility index (Phi) is 3.15. The molecule has 16 heavy (non-hydrogen) atoms. The molecule has 0 N–H and O–H groups in total. The molecule has 3 heteroatoms. The molecule has 1 aromatic carbocycles. The maximum absolute atomic E-state index is 11.3. The molecule has 2 rings (SSSR count). The average Bonchev–Trinajstić information content (AvgIpc) is 2.29. The Bertz CT molecular complexity index is 523. The van der Waals surface area contributed by atoms with Gasteiger partial charge in [0.2, 0.25) is 0 Å². The van der Waals surface area contributed by atoms with E-state index in [1.165, 1.54) is 6.92 Å². The molecule has 0 aliphatic heterocycles. The highest BCUT2D eigenvalue weighted by atomic mass is 79.9. The lowest BCUT2D eigenvalue weighted by atomic mass is 10.1. The van der Waals surface area contributed by atoms with E-state index >= 15 is 0 Å². The van der Waals surface area contributed by atoms with Gasteiger partial charge in [0, 0.05) is 6.92 Å². The van der Waals surface area contributed by atoms with Crippen LogP contribution in [0.2, 0.25) is 0 Å². The molecule has 2 nitrogen and oxygen atoms in total. The van der Waals surface area contributed by atoms with E-state index in [9.17, 15) is 4.79 Å². The highest BCUT2D eigenvalue weighted by Crippen LogP contribution is 2.22. The highest BCUT2D eigenvalue weighted by Gasteiger charge is 2.06. The monoisotopic (exact) mass is 275 g/mol. The number of pyridine rings is 1. The summed E-state index contributed by atoms with van der Waals surface area (Å²) in [4.78, 5) is 15.4. The van der Waals surface area contributed by atoms with Crippen molar-refractivity contribution in [3.8, 4) is 11.1 Å². The van der Waals surface area contributed by atoms with Crippen molar-refractivity contribution in [2.45, 2.75) is 6.92 Å². The maximum Gasteiger partial charge on any atom is 0.178 e. The first-order valence-electron chi connectivity index (χ1n) is 4.91. The lowest BCUT2D eigenvalue weighted by Crippen LogP contribution is -1.97. The third-order valence-electron chi connectivity index (χ3n) is 2.26. The summed E-state index contributed by atoms with van der Waals surface area (Å²) in [7, 11) is 0. The van der Waals surface area contributed by atoms with Crippen LogP contribution in [0.4, 0.5) is 0 Å². The summed E-state index contributed by atoms with van der Waals surface area (Å²) in [6.45, 7) is 1.52. The molecule has 0 unspecified atom stereocenters. The van der Waals surface area contributed by atoms with Crippen molar-refractivity contribution in [1.82, 2.24) is 4.98 Å². The van der Waals surface area contributed by atoms with E-state index in [1.807, 2.05) is 42.5 Å². The summed E-state index contributed by atoms with van der Waals surface area (Å²) in [6, 6.07) is 13.6. The second kappa shape index (κ2) is 4.58. The Morgan fingerprint density at radius 2 is 1.81 bits per heavy atom. The molecule has 0 amide bonds. The number of rotatable bonds is 2. The normalized spacial score (nSPS) is 10.1. The molecule has 1 heterocycles. The molecule has 0 spiro atoms. The van der Waals surface area contributed by atoms with E-state index in [-0.39, 0.29) is 5.78 Å². The number of carbonyl (C=O) groups is 1. The standard InChI is InChI=1S/C13H10BrNO/c1-9(16)12-7-11(8-13(14)15-12)10-5-3-2-4-6-10/h2-8H,1H3. The minimum absolute atomic E-state index is 0.0292. The first-order valence-corrected chi connectivity index (χ1v) is 5.70. The van der Waals surface area contributed by atoms with Crippen molar-refractivity contribution in [3.05, 3.63) is 52.8 Å². The Morgan fingerprint density at radius 3 is 2.44 bits per heavy atom. The predicted octanol–water partition coefficient (Wildman–Crippen LogP) is 3.71. The molecule has 1 aromatic heterocycles. The van der Waals surface area contributed by atoms with E-state index in [0.717, 1.165) is 11.1 Å². The SMILES string of the molecule is CC(=O)c1cc(-c2ccccc2)cc(Br)n1. The summed E-state index contributed by atoms with van der Waals surface area (Å²) < 4.78 is 0.680. The Hall–Kier alpha value is -1.48. The van der Waals surface area contributed by atoms with E-state index < -0.39 is 0 Å². The van der Waals surface area contributed by atoms with E-state index in [1.54, 1.807) is 0 Å². The van der Waals surface area contributed by atoms with Gasteiger partial charge >= 0.3 is 0 Å². The van der Waals surface area contributed by atoms with Crippen LogP contribution in [0.15, 0.2) is 47.1 Å². The zero-order chi connectivity index (χ0) is 11.5. The summed E-state index contributed by atoms with van der Waals surface area (Å²) in [5, 5.41) is 0. The van der Waals surface area contributed by atoms with Gasteiger partial charge in [-0.1, -0.05) is 30.3 Å². The minimum Gasteiger partial charge on any atom is -0.293 e. The van der Waals surface area contributed by atoms with Crippen molar-refractivity contribution in [1.29, 1.82) is 0 Å². The van der Waals surface area contributed by atoms with Gasteiger partial charge in [-0.15, -0.1) is 0 Å². The fraction of sp³-hybridized carbons (Fsp3) is 0.0769. The third kappa shape index (κ3) is 2.36. The number of hydrogen-bond donors (Lipinski definition) is 0. The van der Waals surface area contributed by atoms with Crippen molar-refractivity contribution >= 4 is 21.7 Å². The van der Waals surface area contributed by atoms with Crippen LogP contribution in [0.5, 0.6) is 0 Å². The first kappa shape index (κ1) is 11.0. The predicted molar refractivity (Wildman–Crippen MR) is 67.4 cm³/mol. The maximum atomic E-state index is 11.3. The molecule has 0 fully saturated rings. The largest absolute Gasteiger partial charge is 0.293 e. The van der Waals surface area contributed by atoms with Crippen LogP contribution in [0, 0.1) is 0 Å². The lowest BCUT2D eigenvalue weighted by Gasteiger charge is -2.04. The van der Waals surface area contributed by atoms with Crippen LogP contribution in [0.3, 0.4) is 0 Å². The summed E-state index contributed by atoms with van der Waals surface area (Å²) in [5.41, 5.74) is 2.55. The number of hydrogen-bond acceptors (Lipinski definition) is 2. The zero-order valence-corrected chi connectivity index (χ0v) is 10.4. The van der Waals surface area contributed by atoms with E-state index in [4.69, 9.17) is 0 Å². The quantitative estimate of drug-likeness (QED) is 0.618. The molecule has 0 saturated carbocycles. The molecular weight excluding hydrogens is 266 g/mol. The van der Waals surface area contributed by atoms with Gasteiger partial charge < -0.3 is 0 Å². The topological polar surface area (TPSA) is 30.0 Å². The lowest BCUT2D eigenvalue weighted by molar-refractivity contribution is 0.101. The van der Waals surface area contributed by atoms with Crippen molar-refractivity contribution in [3.63, 3.8) is 0 Å². The van der Waals surface area contributed by atoms with Gasteiger partial charge in [-0.05, 0) is 39.2 Å². The van der Waals surface area contributed by atoms with Crippen LogP contribution >= 0.6 is 15.9 Å². The van der Waals surface area contributed by atoms with Gasteiger partial charge in [-0.2, -0.15) is 0 Å². The van der Waals surface area contributed by atoms with E-state index in [2.05, 4.69) is 20.9 Å². The molecule has 0 radical (unpaired) electrons. The van der Waals surface area contributed by atoms with Crippen molar-refractivity contribution < 1.29 is 4.79 Å². The summed E-state index contributed by atoms with van der Waals surface area (Å²) in [5.74, 6) is -0.0292. The van der Waals surface area contributed by atoms with Gasteiger partial charge in [0.15, 0.2) is 5.78 Å². The number of benzene rings is 1. The Balaban J connectivity index is 2.54. The Morgan fingerprint density at radius 1 is 1.12 bits per heavy atom. The fourth-order valence-corrected chi connectivity index (χ4v) is 1.91. The molecular formula is C13H10BrNO. The van der Waals surface area contributed by atoms with Crippen LogP contribution in [0.25, 0.3) is 11.1 Å². The third-order valence-corrected chi connectivity index (χ3v) is 2.67. The second-order valence-corrected chi connectivity index (χ2v) is 4.30. The van der Waals surface area contributed by atoms with Crippen LogP contribution < -0.4 is 0 Å². The fourth-order valence-electron chi connectivity index (χ4n) is 1.47. The highest BCUT2D eigenvalue weighted by molar-refractivity contribution is 9.10. The molecule has 80 valence electrons. The zero-order valence-electron chi connectivity index (χ0n) is 8.77. The smallest absolute Gasteiger partial charge is 0.178 e. The number of Topliss-reactive ketones (excluding diaryl/α,β-unsaturated/α-hetero) is 1. The van der Waals surface area contributed by atoms with Gasteiger partial charge in [-0.3, -0.25) is 4.79 Å². The molecule has 0 saturated heterocycles. The minimum atomic E-state index is -0.0292. The van der Waals surface area contributed by atoms with Crippen LogP contribution in [-0.2, 0) is 0 Å². The second-order valence-electron chi connectivity index (χ2n) is 3.49. The molecule has 0 bridgehead atoms. The molecule has 0 aliphatic rings. The van der Waals surface area contributed by atoms with Gasteiger partial charge in [0.1, 0.15) is 10.3 Å². The number of aromatic nitrogens is 1. The molecule has 0 atom stereocenters. The Labute approximate surface area is 102 Å². The van der Waals surface area contributed by atoms with Crippen molar-refractivity contribution in [2.75, 3.05) is 0 Å². The molecule has 2 aromatic rings. The molecule has 0 aliphatic carbocycles. The number of halogens is 1. The van der Waals surface area contributed by atoms with Crippen molar-refractivity contribution in [2.24, 2.45) is 0 Å². The van der Waals surface area contributed by atoms with Gasteiger partial charge in [-0.25, -0.2) is 4.98 Å². The summed E-state index contributed by atoms with van der Waals surface area (Å²) >= 11 is 3.32. The van der Waals surface area contributed by atoms with Crippen LogP contribution in [-0.4, -0.2) is 10.8 Å². The number of carbonyl (C=O) groups excluding carboxylic acids is 1. The first-order chi connectivity index (χ1) is 7.66. The summed E-state index contributed by atoms with van der Waals surface area (Å²) in [6.07, 6.45) is 0. The number of ketones is 1. The van der Waals surface area contributed by atoms with Crippen LogP contribution in [0.1, 0.15) is 17.4 Å². The van der Waals surface area contributed by atoms with Gasteiger partial charge in [0.25, 0.3) is 0 Å². The average molecular weight is 276 g/mol. The number of nitrogens with zero attached hydrogens (tertiary/aromatic N) is 1.